The minimum absolute atomic E-state index is 0.00611. The van der Waals surface area contributed by atoms with Crippen LogP contribution in [0, 0.1) is 15.5 Å². The van der Waals surface area contributed by atoms with E-state index in [9.17, 15) is 19.7 Å². The number of benzene rings is 3. The van der Waals surface area contributed by atoms with Crippen LogP contribution in [-0.4, -0.2) is 29.2 Å². The standard InChI is InChI=1S/C32H32N4O4/c1-32(2)17-26-30(28(37)18-32)31(22-10-7-11-24(16-22)36(39)40)35(27-13-6-5-12-25(27)34-26)19-29(38)33-23-14-20-8-3-4-9-21(20)15-23/h3-13,16,23,31,34H,14-15,17-19H2,1-2H3,(H,33,38). The molecule has 0 saturated heterocycles. The van der Waals surface area contributed by atoms with E-state index in [0.29, 0.717) is 24.0 Å². The van der Waals surface area contributed by atoms with Gasteiger partial charge in [-0.25, -0.2) is 0 Å². The van der Waals surface area contributed by atoms with E-state index in [0.717, 1.165) is 29.9 Å². The van der Waals surface area contributed by atoms with Crippen molar-refractivity contribution in [1.29, 1.82) is 0 Å². The van der Waals surface area contributed by atoms with Crippen molar-refractivity contribution in [3.63, 3.8) is 0 Å². The van der Waals surface area contributed by atoms with E-state index in [1.807, 2.05) is 47.4 Å². The lowest BCUT2D eigenvalue weighted by atomic mass is 9.73. The maximum absolute atomic E-state index is 13.8. The topological polar surface area (TPSA) is 105 Å². The number of carbonyl (C=O) groups excluding carboxylic acids is 2. The summed E-state index contributed by atoms with van der Waals surface area (Å²) in [6, 6.07) is 21.7. The lowest BCUT2D eigenvalue weighted by Crippen LogP contribution is -2.45. The van der Waals surface area contributed by atoms with Gasteiger partial charge in [0.25, 0.3) is 5.69 Å². The highest BCUT2D eigenvalue weighted by Gasteiger charge is 2.42. The van der Waals surface area contributed by atoms with Crippen LogP contribution >= 0.6 is 0 Å². The number of allylic oxidation sites excluding steroid dienone is 1. The first-order valence-corrected chi connectivity index (χ1v) is 13.7. The fourth-order valence-corrected chi connectivity index (χ4v) is 6.47. The summed E-state index contributed by atoms with van der Waals surface area (Å²) < 4.78 is 0. The van der Waals surface area contributed by atoms with Crippen LogP contribution in [0.5, 0.6) is 0 Å². The number of hydrogen-bond acceptors (Lipinski definition) is 6. The Labute approximate surface area is 233 Å². The number of nitrogens with one attached hydrogen (secondary N) is 2. The number of ketones is 1. The van der Waals surface area contributed by atoms with Crippen molar-refractivity contribution in [1.82, 2.24) is 5.32 Å². The number of hydrogen-bond donors (Lipinski definition) is 2. The number of Topliss-reactive ketones (excluding diaryl/α,β-unsaturated/α-hetero) is 1. The fourth-order valence-electron chi connectivity index (χ4n) is 6.47. The monoisotopic (exact) mass is 536 g/mol. The number of fused-ring (bicyclic) bond motifs is 2. The first kappa shape index (κ1) is 25.8. The van der Waals surface area contributed by atoms with Crippen LogP contribution in [0.2, 0.25) is 0 Å². The van der Waals surface area contributed by atoms with Gasteiger partial charge in [0.1, 0.15) is 0 Å². The zero-order valence-corrected chi connectivity index (χ0v) is 22.6. The average molecular weight is 537 g/mol. The summed E-state index contributed by atoms with van der Waals surface area (Å²) in [7, 11) is 0. The smallest absolute Gasteiger partial charge is 0.269 e. The third kappa shape index (κ3) is 4.85. The Balaban J connectivity index is 1.42. The largest absolute Gasteiger partial charge is 0.357 e. The summed E-state index contributed by atoms with van der Waals surface area (Å²) >= 11 is 0. The molecule has 0 fully saturated rings. The molecule has 8 heteroatoms. The molecule has 6 rings (SSSR count). The molecular formula is C32H32N4O4. The lowest BCUT2D eigenvalue weighted by Gasteiger charge is -2.38. The predicted octanol–water partition coefficient (Wildman–Crippen LogP) is 5.49. The molecule has 0 saturated carbocycles. The van der Waals surface area contributed by atoms with Gasteiger partial charge < -0.3 is 15.5 Å². The van der Waals surface area contributed by atoms with Gasteiger partial charge in [0.05, 0.1) is 28.9 Å². The van der Waals surface area contributed by atoms with Crippen molar-refractivity contribution >= 4 is 28.8 Å². The van der Waals surface area contributed by atoms with E-state index in [1.54, 1.807) is 6.07 Å². The number of nitrogens with zero attached hydrogens (tertiary/aromatic N) is 2. The highest BCUT2D eigenvalue weighted by molar-refractivity contribution is 6.02. The van der Waals surface area contributed by atoms with Gasteiger partial charge in [0.15, 0.2) is 5.78 Å². The Morgan fingerprint density at radius 2 is 1.73 bits per heavy atom. The van der Waals surface area contributed by atoms with Gasteiger partial charge in [-0.3, -0.25) is 19.7 Å². The van der Waals surface area contributed by atoms with Gasteiger partial charge in [-0.2, -0.15) is 0 Å². The highest BCUT2D eigenvalue weighted by atomic mass is 16.6. The molecule has 1 amide bonds. The van der Waals surface area contributed by atoms with Crippen molar-refractivity contribution in [3.8, 4) is 0 Å². The van der Waals surface area contributed by atoms with Gasteiger partial charge in [-0.15, -0.1) is 0 Å². The molecule has 3 aromatic rings. The highest BCUT2D eigenvalue weighted by Crippen LogP contribution is 2.48. The summed E-state index contributed by atoms with van der Waals surface area (Å²) in [5, 5.41) is 18.5. The second-order valence-corrected chi connectivity index (χ2v) is 11.8. The van der Waals surface area contributed by atoms with E-state index in [2.05, 4.69) is 36.6 Å². The van der Waals surface area contributed by atoms with E-state index in [-0.39, 0.29) is 35.4 Å². The number of para-hydroxylation sites is 2. The zero-order valence-electron chi connectivity index (χ0n) is 22.6. The van der Waals surface area contributed by atoms with E-state index < -0.39 is 11.0 Å². The Hall–Kier alpha value is -4.46. The maximum atomic E-state index is 13.8. The third-order valence-electron chi connectivity index (χ3n) is 8.13. The molecule has 0 aromatic heterocycles. The number of amides is 1. The van der Waals surface area contributed by atoms with Crippen LogP contribution in [0.25, 0.3) is 0 Å². The first-order chi connectivity index (χ1) is 19.2. The molecule has 0 spiro atoms. The second-order valence-electron chi connectivity index (χ2n) is 11.8. The Morgan fingerprint density at radius 3 is 2.45 bits per heavy atom. The van der Waals surface area contributed by atoms with Crippen LogP contribution in [-0.2, 0) is 22.4 Å². The summed E-state index contributed by atoms with van der Waals surface area (Å²) in [6.45, 7) is 4.13. The number of non-ortho nitro benzene ring substituents is 1. The van der Waals surface area contributed by atoms with Crippen LogP contribution in [0.3, 0.4) is 0 Å². The summed E-state index contributed by atoms with van der Waals surface area (Å²) in [6.07, 6.45) is 2.55. The van der Waals surface area contributed by atoms with Gasteiger partial charge in [-0.1, -0.05) is 62.4 Å². The third-order valence-corrected chi connectivity index (χ3v) is 8.13. The van der Waals surface area contributed by atoms with E-state index in [1.165, 1.54) is 23.3 Å². The van der Waals surface area contributed by atoms with Crippen LogP contribution in [0.4, 0.5) is 17.1 Å². The second kappa shape index (κ2) is 9.93. The summed E-state index contributed by atoms with van der Waals surface area (Å²) in [4.78, 5) is 40.7. The summed E-state index contributed by atoms with van der Waals surface area (Å²) in [5.41, 5.74) is 5.74. The van der Waals surface area contributed by atoms with Gasteiger partial charge in [-0.05, 0) is 53.5 Å². The molecule has 0 bridgehead atoms. The molecule has 1 atom stereocenters. The molecule has 1 aliphatic heterocycles. The average Bonchev–Trinajstić information content (AvgIpc) is 3.26. The van der Waals surface area contributed by atoms with Gasteiger partial charge in [0.2, 0.25) is 5.91 Å². The molecule has 1 heterocycles. The van der Waals surface area contributed by atoms with Crippen LogP contribution in [0.1, 0.15) is 49.4 Å². The fraction of sp³-hybridized carbons (Fsp3) is 0.312. The van der Waals surface area contributed by atoms with Crippen molar-refractivity contribution in [2.24, 2.45) is 5.41 Å². The number of carbonyl (C=O) groups is 2. The SMILES string of the molecule is CC1(C)CC(=O)C2=C(C1)Nc1ccccc1N(CC(=O)NC1Cc3ccccc3C1)C2c1cccc([N+](=O)[O-])c1. The lowest BCUT2D eigenvalue weighted by molar-refractivity contribution is -0.384. The zero-order chi connectivity index (χ0) is 28.0. The molecule has 2 aliphatic carbocycles. The molecule has 1 unspecified atom stereocenters. The van der Waals surface area contributed by atoms with E-state index >= 15 is 0 Å². The number of nitro groups is 1. The molecule has 3 aromatic carbocycles. The Kier molecular flexibility index (Phi) is 6.41. The van der Waals surface area contributed by atoms with Crippen LogP contribution < -0.4 is 15.5 Å². The molecule has 8 nitrogen and oxygen atoms in total. The molecule has 2 N–H and O–H groups in total. The molecule has 204 valence electrons. The first-order valence-electron chi connectivity index (χ1n) is 13.7. The van der Waals surface area contributed by atoms with Crippen molar-refractivity contribution in [3.05, 3.63) is 111 Å². The molecule has 40 heavy (non-hydrogen) atoms. The van der Waals surface area contributed by atoms with Crippen molar-refractivity contribution in [2.75, 3.05) is 16.8 Å². The minimum Gasteiger partial charge on any atom is -0.357 e. The number of anilines is 2. The maximum Gasteiger partial charge on any atom is 0.269 e. The Morgan fingerprint density at radius 1 is 1.02 bits per heavy atom. The predicted molar refractivity (Wildman–Crippen MR) is 154 cm³/mol. The molecule has 0 radical (unpaired) electrons. The summed E-state index contributed by atoms with van der Waals surface area (Å²) in [5.74, 6) is -0.171. The number of rotatable bonds is 5. The normalized spacial score (nSPS) is 19.7. The van der Waals surface area contributed by atoms with Crippen molar-refractivity contribution < 1.29 is 14.5 Å². The minimum atomic E-state index is -0.666. The quantitative estimate of drug-likeness (QED) is 0.330. The van der Waals surface area contributed by atoms with E-state index in [4.69, 9.17) is 0 Å². The van der Waals surface area contributed by atoms with Gasteiger partial charge in [0, 0.05) is 35.9 Å². The Bertz CT molecular complexity index is 1530. The molecule has 3 aliphatic rings. The van der Waals surface area contributed by atoms with Gasteiger partial charge >= 0.3 is 0 Å². The van der Waals surface area contributed by atoms with Crippen LogP contribution in [0.15, 0.2) is 84.1 Å². The van der Waals surface area contributed by atoms with Crippen molar-refractivity contribution in [2.45, 2.75) is 51.6 Å². The number of nitro benzene ring substituents is 1. The molecular weight excluding hydrogens is 504 g/mol.